The highest BCUT2D eigenvalue weighted by atomic mass is 32.2. The predicted octanol–water partition coefficient (Wildman–Crippen LogP) is 0.558. The summed E-state index contributed by atoms with van der Waals surface area (Å²) >= 11 is 0. The molecule has 2 N–H and O–H groups in total. The zero-order valence-corrected chi connectivity index (χ0v) is 9.05. The Morgan fingerprint density at radius 1 is 1.46 bits per heavy atom. The fourth-order valence-corrected chi connectivity index (χ4v) is 2.53. The van der Waals surface area contributed by atoms with Gasteiger partial charge in [0.05, 0.1) is 0 Å². The third kappa shape index (κ3) is 2.93. The summed E-state index contributed by atoms with van der Waals surface area (Å²) < 4.78 is 23.5. The van der Waals surface area contributed by atoms with Crippen LogP contribution in [0.3, 0.4) is 0 Å². The van der Waals surface area contributed by atoms with E-state index in [-0.39, 0.29) is 0 Å². The second kappa shape index (κ2) is 3.94. The van der Waals surface area contributed by atoms with Crippen molar-refractivity contribution in [2.75, 3.05) is 13.1 Å². The Bertz CT molecular complexity index is 261. The molecule has 1 heterocycles. The van der Waals surface area contributed by atoms with Crippen molar-refractivity contribution in [3.63, 3.8) is 0 Å². The number of hydrogen-bond donors (Lipinski definition) is 1. The van der Waals surface area contributed by atoms with Crippen molar-refractivity contribution < 1.29 is 8.42 Å². The summed E-state index contributed by atoms with van der Waals surface area (Å²) in [5, 5.41) is 5.07. The zero-order chi connectivity index (χ0) is 10.1. The molecule has 1 saturated heterocycles. The van der Waals surface area contributed by atoms with Crippen LogP contribution in [0.1, 0.15) is 26.7 Å². The van der Waals surface area contributed by atoms with Crippen LogP contribution in [0.4, 0.5) is 0 Å². The van der Waals surface area contributed by atoms with Gasteiger partial charge in [0.1, 0.15) is 0 Å². The molecule has 0 bridgehead atoms. The molecular formula is C8H18N2O2S. The monoisotopic (exact) mass is 206 g/mol. The van der Waals surface area contributed by atoms with Gasteiger partial charge in [-0.25, -0.2) is 5.14 Å². The van der Waals surface area contributed by atoms with E-state index in [4.69, 9.17) is 5.14 Å². The molecule has 0 saturated carbocycles. The lowest BCUT2D eigenvalue weighted by Gasteiger charge is -2.32. The van der Waals surface area contributed by atoms with E-state index < -0.39 is 10.2 Å². The van der Waals surface area contributed by atoms with Gasteiger partial charge in [-0.15, -0.1) is 0 Å². The molecule has 0 aromatic rings. The Kier molecular flexibility index (Phi) is 3.32. The van der Waals surface area contributed by atoms with Crippen molar-refractivity contribution in [2.45, 2.75) is 26.7 Å². The van der Waals surface area contributed by atoms with Crippen molar-refractivity contribution in [3.05, 3.63) is 0 Å². The number of rotatable bonds is 2. The summed E-state index contributed by atoms with van der Waals surface area (Å²) in [7, 11) is -3.46. The Balaban J connectivity index is 2.62. The van der Waals surface area contributed by atoms with E-state index in [0.717, 1.165) is 12.8 Å². The minimum absolute atomic E-state index is 0.465. The van der Waals surface area contributed by atoms with Crippen LogP contribution in [-0.4, -0.2) is 25.8 Å². The first-order valence-corrected chi connectivity index (χ1v) is 6.19. The fourth-order valence-electron chi connectivity index (χ4n) is 1.75. The second-order valence-corrected chi connectivity index (χ2v) is 5.60. The van der Waals surface area contributed by atoms with Gasteiger partial charge in [0.25, 0.3) is 10.2 Å². The highest BCUT2D eigenvalue weighted by molar-refractivity contribution is 7.86. The normalized spacial score (nSPS) is 26.6. The Labute approximate surface area is 80.3 Å². The standard InChI is InChI=1S/C8H18N2O2S/c1-7(2)8-4-3-5-10(6-8)13(9,11)12/h7-8H,3-6H2,1-2H3,(H2,9,11,12)/t8-/m1/s1. The van der Waals surface area contributed by atoms with E-state index in [0.29, 0.717) is 24.9 Å². The van der Waals surface area contributed by atoms with Crippen LogP contribution in [0.15, 0.2) is 0 Å². The minimum Gasteiger partial charge on any atom is -0.216 e. The maximum atomic E-state index is 11.1. The third-order valence-electron chi connectivity index (χ3n) is 2.72. The maximum Gasteiger partial charge on any atom is 0.276 e. The molecule has 0 unspecified atom stereocenters. The third-order valence-corrected chi connectivity index (χ3v) is 3.77. The zero-order valence-electron chi connectivity index (χ0n) is 8.23. The molecule has 1 rings (SSSR count). The molecule has 13 heavy (non-hydrogen) atoms. The molecule has 0 radical (unpaired) electrons. The summed E-state index contributed by atoms with van der Waals surface area (Å²) in [4.78, 5) is 0. The lowest BCUT2D eigenvalue weighted by atomic mass is 9.89. The molecule has 1 fully saturated rings. The SMILES string of the molecule is CC(C)[C@@H]1CCCN(S(N)(=O)=O)C1. The topological polar surface area (TPSA) is 63.4 Å². The lowest BCUT2D eigenvalue weighted by molar-refractivity contribution is 0.219. The van der Waals surface area contributed by atoms with E-state index in [1.165, 1.54) is 4.31 Å². The summed E-state index contributed by atoms with van der Waals surface area (Å²) in [5.74, 6) is 0.997. The quantitative estimate of drug-likeness (QED) is 0.717. The summed E-state index contributed by atoms with van der Waals surface area (Å²) in [6.07, 6.45) is 2.04. The Morgan fingerprint density at radius 2 is 2.08 bits per heavy atom. The second-order valence-electron chi connectivity index (χ2n) is 4.05. The molecule has 1 aliphatic heterocycles. The van der Waals surface area contributed by atoms with E-state index >= 15 is 0 Å². The molecule has 78 valence electrons. The van der Waals surface area contributed by atoms with Gasteiger partial charge in [-0.1, -0.05) is 13.8 Å². The molecule has 0 aliphatic carbocycles. The van der Waals surface area contributed by atoms with Crippen LogP contribution in [0.2, 0.25) is 0 Å². The molecule has 1 atom stereocenters. The summed E-state index contributed by atoms with van der Waals surface area (Å²) in [5.41, 5.74) is 0. The lowest BCUT2D eigenvalue weighted by Crippen LogP contribution is -2.44. The van der Waals surface area contributed by atoms with Gasteiger partial charge in [0.2, 0.25) is 0 Å². The van der Waals surface area contributed by atoms with Gasteiger partial charge < -0.3 is 0 Å². The Morgan fingerprint density at radius 3 is 2.54 bits per heavy atom. The van der Waals surface area contributed by atoms with Crippen molar-refractivity contribution >= 4 is 10.2 Å². The van der Waals surface area contributed by atoms with E-state index in [1.54, 1.807) is 0 Å². The van der Waals surface area contributed by atoms with Crippen LogP contribution in [0, 0.1) is 11.8 Å². The number of nitrogens with zero attached hydrogens (tertiary/aromatic N) is 1. The first kappa shape index (κ1) is 10.9. The van der Waals surface area contributed by atoms with Gasteiger partial charge in [-0.2, -0.15) is 12.7 Å². The summed E-state index contributed by atoms with van der Waals surface area (Å²) in [6, 6.07) is 0. The molecule has 0 amide bonds. The van der Waals surface area contributed by atoms with Crippen molar-refractivity contribution in [1.29, 1.82) is 0 Å². The van der Waals surface area contributed by atoms with Gasteiger partial charge in [-0.05, 0) is 24.7 Å². The van der Waals surface area contributed by atoms with E-state index in [1.807, 2.05) is 0 Å². The van der Waals surface area contributed by atoms with E-state index in [2.05, 4.69) is 13.8 Å². The van der Waals surface area contributed by atoms with Crippen LogP contribution < -0.4 is 5.14 Å². The molecule has 0 aromatic carbocycles. The van der Waals surface area contributed by atoms with Crippen LogP contribution in [-0.2, 0) is 10.2 Å². The highest BCUT2D eigenvalue weighted by Gasteiger charge is 2.27. The van der Waals surface area contributed by atoms with E-state index in [9.17, 15) is 8.42 Å². The van der Waals surface area contributed by atoms with Gasteiger partial charge in [-0.3, -0.25) is 0 Å². The fraction of sp³-hybridized carbons (Fsp3) is 1.00. The smallest absolute Gasteiger partial charge is 0.216 e. The largest absolute Gasteiger partial charge is 0.276 e. The Hall–Kier alpha value is -0.130. The first-order chi connectivity index (χ1) is 5.91. The van der Waals surface area contributed by atoms with Crippen molar-refractivity contribution in [2.24, 2.45) is 17.0 Å². The van der Waals surface area contributed by atoms with Crippen LogP contribution in [0.5, 0.6) is 0 Å². The van der Waals surface area contributed by atoms with Gasteiger partial charge in [0.15, 0.2) is 0 Å². The molecule has 0 aromatic heterocycles. The molecule has 5 heteroatoms. The average Bonchev–Trinajstić information content (AvgIpc) is 2.03. The van der Waals surface area contributed by atoms with Crippen molar-refractivity contribution in [3.8, 4) is 0 Å². The first-order valence-electron chi connectivity index (χ1n) is 4.69. The van der Waals surface area contributed by atoms with Gasteiger partial charge >= 0.3 is 0 Å². The number of nitrogens with two attached hydrogens (primary N) is 1. The molecule has 1 aliphatic rings. The maximum absolute atomic E-state index is 11.1. The van der Waals surface area contributed by atoms with Crippen LogP contribution >= 0.6 is 0 Å². The number of piperidine rings is 1. The van der Waals surface area contributed by atoms with Crippen molar-refractivity contribution in [1.82, 2.24) is 4.31 Å². The van der Waals surface area contributed by atoms with Crippen LogP contribution in [0.25, 0.3) is 0 Å². The number of hydrogen-bond acceptors (Lipinski definition) is 2. The predicted molar refractivity (Wildman–Crippen MR) is 52.2 cm³/mol. The molecule has 0 spiro atoms. The molecular weight excluding hydrogens is 188 g/mol. The summed E-state index contributed by atoms with van der Waals surface area (Å²) in [6.45, 7) is 5.42. The highest BCUT2D eigenvalue weighted by Crippen LogP contribution is 2.24. The van der Waals surface area contributed by atoms with Gasteiger partial charge in [0, 0.05) is 13.1 Å². The molecule has 4 nitrogen and oxygen atoms in total. The average molecular weight is 206 g/mol. The minimum atomic E-state index is -3.46.